The average Bonchev–Trinajstić information content (AvgIpc) is 2.28. The topological polar surface area (TPSA) is 48.4 Å². The van der Waals surface area contributed by atoms with Crippen molar-refractivity contribution in [2.24, 2.45) is 0 Å². The molecule has 0 aliphatic heterocycles. The molecule has 0 aromatic carbocycles. The Balaban J connectivity index is 3.24. The number of hydrogen-bond donors (Lipinski definition) is 0. The van der Waals surface area contributed by atoms with Crippen molar-refractivity contribution in [3.05, 3.63) is 23.1 Å². The number of hydrogen-bond acceptors (Lipinski definition) is 4. The quantitative estimate of drug-likeness (QED) is 0.625. The van der Waals surface area contributed by atoms with Crippen molar-refractivity contribution in [1.29, 1.82) is 0 Å². The zero-order chi connectivity index (χ0) is 13.9. The molecule has 1 heterocycles. The van der Waals surface area contributed by atoms with E-state index < -0.39 is 41.8 Å². The van der Waals surface area contributed by atoms with E-state index in [1.807, 2.05) is 0 Å². The van der Waals surface area contributed by atoms with Gasteiger partial charge in [-0.3, -0.25) is 0 Å². The Morgan fingerprint density at radius 1 is 1.44 bits per heavy atom. The number of pyridine rings is 1. The highest BCUT2D eigenvalue weighted by atomic mass is 19.4. The van der Waals surface area contributed by atoms with E-state index in [1.54, 1.807) is 0 Å². The second-order valence-electron chi connectivity index (χ2n) is 2.94. The van der Waals surface area contributed by atoms with Gasteiger partial charge in [-0.05, 0) is 0 Å². The monoisotopic (exact) mass is 271 g/mol. The van der Waals surface area contributed by atoms with Gasteiger partial charge in [-0.25, -0.2) is 18.6 Å². The maximum Gasteiger partial charge on any atom is 0.574 e. The molecule has 1 rings (SSSR count). The summed E-state index contributed by atoms with van der Waals surface area (Å²) in [6.45, 7) is -1.51. The van der Waals surface area contributed by atoms with E-state index in [1.165, 1.54) is 0 Å². The van der Waals surface area contributed by atoms with Crippen LogP contribution in [-0.2, 0) is 11.4 Å². The molecule has 0 fully saturated rings. The van der Waals surface area contributed by atoms with Crippen LogP contribution in [0.15, 0.2) is 6.20 Å². The Kier molecular flexibility index (Phi) is 4.04. The molecule has 0 saturated carbocycles. The van der Waals surface area contributed by atoms with Gasteiger partial charge >= 0.3 is 12.3 Å². The summed E-state index contributed by atoms with van der Waals surface area (Å²) in [6.07, 6.45) is -4.63. The van der Waals surface area contributed by atoms with Crippen LogP contribution in [-0.4, -0.2) is 24.4 Å². The fourth-order valence-corrected chi connectivity index (χ4v) is 1.10. The van der Waals surface area contributed by atoms with E-state index in [0.29, 0.717) is 6.20 Å². The largest absolute Gasteiger partial charge is 0.574 e. The predicted molar refractivity (Wildman–Crippen MR) is 47.0 cm³/mol. The van der Waals surface area contributed by atoms with Crippen LogP contribution in [0.3, 0.4) is 0 Å². The summed E-state index contributed by atoms with van der Waals surface area (Å²) in [5, 5.41) is 0. The maximum absolute atomic E-state index is 13.4. The normalized spacial score (nSPS) is 11.2. The van der Waals surface area contributed by atoms with Crippen LogP contribution in [0.4, 0.5) is 22.0 Å². The lowest BCUT2D eigenvalue weighted by molar-refractivity contribution is -0.277. The zero-order valence-corrected chi connectivity index (χ0v) is 8.85. The van der Waals surface area contributed by atoms with Crippen molar-refractivity contribution >= 4 is 5.97 Å². The molecule has 18 heavy (non-hydrogen) atoms. The summed E-state index contributed by atoms with van der Waals surface area (Å²) in [4.78, 5) is 14.0. The van der Waals surface area contributed by atoms with Gasteiger partial charge in [-0.15, -0.1) is 13.2 Å². The minimum atomic E-state index is -5.17. The van der Waals surface area contributed by atoms with Crippen LogP contribution >= 0.6 is 0 Å². The van der Waals surface area contributed by atoms with E-state index in [-0.39, 0.29) is 0 Å². The number of rotatable bonds is 3. The first kappa shape index (κ1) is 14.1. The molecular weight excluding hydrogens is 265 g/mol. The van der Waals surface area contributed by atoms with Gasteiger partial charge in [0.05, 0.1) is 12.7 Å². The van der Waals surface area contributed by atoms with Gasteiger partial charge in [-0.2, -0.15) is 0 Å². The second kappa shape index (κ2) is 5.15. The van der Waals surface area contributed by atoms with Crippen LogP contribution in [0.25, 0.3) is 0 Å². The van der Waals surface area contributed by atoms with Crippen LogP contribution in [0, 0.1) is 5.82 Å². The first-order chi connectivity index (χ1) is 8.30. The molecule has 4 nitrogen and oxygen atoms in total. The smallest absolute Gasteiger partial charge is 0.465 e. The third-order valence-corrected chi connectivity index (χ3v) is 1.84. The number of alkyl halides is 4. The second-order valence-corrected chi connectivity index (χ2v) is 2.94. The van der Waals surface area contributed by atoms with Gasteiger partial charge in [0.15, 0.2) is 5.82 Å². The third kappa shape index (κ3) is 3.05. The third-order valence-electron chi connectivity index (χ3n) is 1.84. The molecule has 1 aromatic heterocycles. The van der Waals surface area contributed by atoms with Crippen molar-refractivity contribution in [3.63, 3.8) is 0 Å². The van der Waals surface area contributed by atoms with Gasteiger partial charge < -0.3 is 9.47 Å². The summed E-state index contributed by atoms with van der Waals surface area (Å²) in [5.74, 6) is -4.27. The van der Waals surface area contributed by atoms with Gasteiger partial charge in [0.25, 0.3) is 5.88 Å². The predicted octanol–water partition coefficient (Wildman–Crippen LogP) is 2.38. The number of halogens is 5. The maximum atomic E-state index is 13.4. The van der Waals surface area contributed by atoms with Crippen molar-refractivity contribution in [1.82, 2.24) is 4.98 Å². The molecule has 0 bridgehead atoms. The molecule has 0 saturated heterocycles. The van der Waals surface area contributed by atoms with Gasteiger partial charge in [0.2, 0.25) is 0 Å². The van der Waals surface area contributed by atoms with Gasteiger partial charge in [0.1, 0.15) is 6.67 Å². The Hall–Kier alpha value is -1.93. The van der Waals surface area contributed by atoms with E-state index in [2.05, 4.69) is 14.5 Å². The Morgan fingerprint density at radius 3 is 2.50 bits per heavy atom. The molecule has 0 unspecified atom stereocenters. The summed E-state index contributed by atoms with van der Waals surface area (Å²) in [7, 11) is 0.947. The number of methoxy groups -OCH3 is 1. The molecule has 0 aliphatic rings. The SMILES string of the molecule is COC(=O)c1cnc(OC(F)(F)F)c(F)c1CF. The summed E-state index contributed by atoms with van der Waals surface area (Å²) in [5.41, 5.74) is -1.51. The van der Waals surface area contributed by atoms with E-state index in [4.69, 9.17) is 0 Å². The Labute approximate surface area is 97.3 Å². The van der Waals surface area contributed by atoms with E-state index in [9.17, 15) is 26.7 Å². The highest BCUT2D eigenvalue weighted by molar-refractivity contribution is 5.90. The van der Waals surface area contributed by atoms with Crippen molar-refractivity contribution in [2.75, 3.05) is 7.11 Å². The number of carbonyl (C=O) groups excluding carboxylic acids is 1. The fourth-order valence-electron chi connectivity index (χ4n) is 1.10. The van der Waals surface area contributed by atoms with Crippen LogP contribution in [0.2, 0.25) is 0 Å². The number of ether oxygens (including phenoxy) is 2. The van der Waals surface area contributed by atoms with E-state index in [0.717, 1.165) is 7.11 Å². The molecule has 0 amide bonds. The van der Waals surface area contributed by atoms with Crippen molar-refractivity contribution in [3.8, 4) is 5.88 Å². The van der Waals surface area contributed by atoms with E-state index >= 15 is 0 Å². The van der Waals surface area contributed by atoms with Crippen LogP contribution < -0.4 is 4.74 Å². The molecule has 100 valence electrons. The minimum absolute atomic E-state index is 0.547. The number of nitrogens with zero attached hydrogens (tertiary/aromatic N) is 1. The molecule has 9 heteroatoms. The lowest BCUT2D eigenvalue weighted by atomic mass is 10.1. The lowest BCUT2D eigenvalue weighted by Crippen LogP contribution is -2.20. The van der Waals surface area contributed by atoms with Crippen molar-refractivity contribution in [2.45, 2.75) is 13.0 Å². The Morgan fingerprint density at radius 2 is 2.06 bits per heavy atom. The highest BCUT2D eigenvalue weighted by Gasteiger charge is 2.34. The van der Waals surface area contributed by atoms with Gasteiger partial charge in [-0.1, -0.05) is 0 Å². The first-order valence-electron chi connectivity index (χ1n) is 4.37. The molecular formula is C9H6F5NO3. The highest BCUT2D eigenvalue weighted by Crippen LogP contribution is 2.27. The molecule has 1 aromatic rings. The molecule has 0 spiro atoms. The molecule has 0 radical (unpaired) electrons. The van der Waals surface area contributed by atoms with Gasteiger partial charge in [0, 0.05) is 11.8 Å². The van der Waals surface area contributed by atoms with Crippen LogP contribution in [0.5, 0.6) is 5.88 Å². The minimum Gasteiger partial charge on any atom is -0.465 e. The number of esters is 1. The van der Waals surface area contributed by atoms with Crippen LogP contribution in [0.1, 0.15) is 15.9 Å². The number of carbonyl (C=O) groups is 1. The molecule has 0 N–H and O–H groups in total. The molecule has 0 aliphatic carbocycles. The summed E-state index contributed by atoms with van der Waals surface area (Å²) in [6, 6.07) is 0. The Bertz CT molecular complexity index is 460. The first-order valence-corrected chi connectivity index (χ1v) is 4.37. The summed E-state index contributed by atoms with van der Waals surface area (Å²) >= 11 is 0. The standard InChI is InChI=1S/C9H6F5NO3/c1-17-8(16)5-3-15-7(18-9(12,13)14)6(11)4(5)2-10/h3H,2H2,1H3. The average molecular weight is 271 g/mol. The van der Waals surface area contributed by atoms with Crippen molar-refractivity contribution < 1.29 is 36.2 Å². The lowest BCUT2D eigenvalue weighted by Gasteiger charge is -2.11. The fraction of sp³-hybridized carbons (Fsp3) is 0.333. The summed E-state index contributed by atoms with van der Waals surface area (Å²) < 4.78 is 69.0. The zero-order valence-electron chi connectivity index (χ0n) is 8.85. The number of aromatic nitrogens is 1. The molecule has 0 atom stereocenters.